The number of amides is 1. The molecule has 0 bridgehead atoms. The fourth-order valence-electron chi connectivity index (χ4n) is 4.55. The van der Waals surface area contributed by atoms with E-state index >= 15 is 0 Å². The Bertz CT molecular complexity index is 932. The zero-order chi connectivity index (χ0) is 22.5. The molecule has 0 N–H and O–H groups in total. The number of aromatic nitrogens is 1. The van der Waals surface area contributed by atoms with Gasteiger partial charge in [0.25, 0.3) is 0 Å². The van der Waals surface area contributed by atoms with E-state index in [1.807, 2.05) is 24.0 Å². The molecule has 1 aromatic carbocycles. The van der Waals surface area contributed by atoms with Crippen LogP contribution in [-0.2, 0) is 9.53 Å². The Kier molecular flexibility index (Phi) is 7.15. The first-order valence-corrected chi connectivity index (χ1v) is 11.3. The van der Waals surface area contributed by atoms with Gasteiger partial charge in [-0.25, -0.2) is 4.39 Å². The molecule has 170 valence electrons. The van der Waals surface area contributed by atoms with Gasteiger partial charge in [0.1, 0.15) is 24.3 Å². The van der Waals surface area contributed by atoms with E-state index in [2.05, 4.69) is 4.98 Å². The fourth-order valence-corrected chi connectivity index (χ4v) is 4.55. The van der Waals surface area contributed by atoms with Crippen molar-refractivity contribution in [2.75, 3.05) is 26.3 Å². The molecule has 3 atom stereocenters. The molecular weight excluding hydrogens is 411 g/mol. The maximum atomic E-state index is 13.4. The third-order valence-electron chi connectivity index (χ3n) is 6.32. The predicted octanol–water partition coefficient (Wildman–Crippen LogP) is 3.82. The number of morpholine rings is 1. The molecule has 2 aliphatic rings. The van der Waals surface area contributed by atoms with E-state index in [-0.39, 0.29) is 35.4 Å². The summed E-state index contributed by atoms with van der Waals surface area (Å²) in [6.07, 6.45) is 4.68. The zero-order valence-corrected chi connectivity index (χ0v) is 18.3. The smallest absolute Gasteiger partial charge is 0.226 e. The molecule has 0 spiro atoms. The van der Waals surface area contributed by atoms with E-state index in [4.69, 9.17) is 9.47 Å². The number of hydrogen-bond acceptors (Lipinski definition) is 5. The van der Waals surface area contributed by atoms with Crippen LogP contribution < -0.4 is 4.74 Å². The van der Waals surface area contributed by atoms with Crippen LogP contribution in [-0.4, -0.2) is 54.0 Å². The van der Waals surface area contributed by atoms with Gasteiger partial charge >= 0.3 is 0 Å². The number of hydrogen-bond donors (Lipinski definition) is 0. The monoisotopic (exact) mass is 440 g/mol. The van der Waals surface area contributed by atoms with Gasteiger partial charge in [-0.3, -0.25) is 14.6 Å². The van der Waals surface area contributed by atoms with Gasteiger partial charge in [-0.1, -0.05) is 12.8 Å². The van der Waals surface area contributed by atoms with E-state index in [9.17, 15) is 14.0 Å². The van der Waals surface area contributed by atoms with Crippen LogP contribution in [0, 0.1) is 24.6 Å². The largest absolute Gasteiger partial charge is 0.489 e. The Morgan fingerprint density at radius 2 is 1.88 bits per heavy atom. The number of carbonyl (C=O) groups is 2. The number of aryl methyl sites for hydroxylation is 1. The maximum absolute atomic E-state index is 13.4. The highest BCUT2D eigenvalue weighted by Gasteiger charge is 2.39. The van der Waals surface area contributed by atoms with Gasteiger partial charge in [0.15, 0.2) is 5.78 Å². The van der Waals surface area contributed by atoms with Gasteiger partial charge in [-0.15, -0.1) is 0 Å². The van der Waals surface area contributed by atoms with Gasteiger partial charge in [0.2, 0.25) is 5.91 Å². The standard InChI is InChI=1S/C25H29FN2O4/c1-17-6-11-20(14-27-17)32-16-21-15-28(12-13-31-21)25(30)23-5-3-2-4-22(23)24(29)18-7-9-19(26)10-8-18/h6-11,14,21-23H,2-5,12-13,15-16H2,1H3/t21?,22-,23-/m1/s1. The third-order valence-corrected chi connectivity index (χ3v) is 6.32. The zero-order valence-electron chi connectivity index (χ0n) is 18.3. The summed E-state index contributed by atoms with van der Waals surface area (Å²) in [5.41, 5.74) is 1.39. The Morgan fingerprint density at radius 1 is 1.12 bits per heavy atom. The maximum Gasteiger partial charge on any atom is 0.226 e. The number of ketones is 1. The first-order valence-electron chi connectivity index (χ1n) is 11.3. The van der Waals surface area contributed by atoms with Crippen molar-refractivity contribution in [3.05, 3.63) is 59.7 Å². The lowest BCUT2D eigenvalue weighted by Crippen LogP contribution is -2.51. The molecule has 1 aromatic heterocycles. The minimum Gasteiger partial charge on any atom is -0.489 e. The van der Waals surface area contributed by atoms with Crippen LogP contribution in [0.15, 0.2) is 42.6 Å². The van der Waals surface area contributed by atoms with Crippen LogP contribution in [0.5, 0.6) is 5.75 Å². The van der Waals surface area contributed by atoms with Crippen LogP contribution in [0.3, 0.4) is 0 Å². The van der Waals surface area contributed by atoms with Crippen LogP contribution in [0.1, 0.15) is 41.7 Å². The molecule has 1 aliphatic heterocycles. The summed E-state index contributed by atoms with van der Waals surface area (Å²) in [7, 11) is 0. The summed E-state index contributed by atoms with van der Waals surface area (Å²) in [5.74, 6) is -0.473. The van der Waals surface area contributed by atoms with E-state index in [0.717, 1.165) is 18.5 Å². The molecule has 1 saturated carbocycles. The summed E-state index contributed by atoms with van der Waals surface area (Å²) >= 11 is 0. The molecule has 6 nitrogen and oxygen atoms in total. The number of nitrogens with zero attached hydrogens (tertiary/aromatic N) is 2. The quantitative estimate of drug-likeness (QED) is 0.639. The first-order chi connectivity index (χ1) is 15.5. The van der Waals surface area contributed by atoms with E-state index < -0.39 is 0 Å². The molecule has 7 heteroatoms. The van der Waals surface area contributed by atoms with Gasteiger partial charge in [-0.05, 0) is 56.2 Å². The number of Topliss-reactive ketones (excluding diaryl/α,β-unsaturated/α-hetero) is 1. The Morgan fingerprint density at radius 3 is 2.59 bits per heavy atom. The molecule has 2 heterocycles. The Labute approximate surface area is 187 Å². The second-order valence-corrected chi connectivity index (χ2v) is 8.59. The van der Waals surface area contributed by atoms with Gasteiger partial charge < -0.3 is 14.4 Å². The third kappa shape index (κ3) is 5.33. The molecule has 0 radical (unpaired) electrons. The lowest BCUT2D eigenvalue weighted by molar-refractivity contribution is -0.146. The highest BCUT2D eigenvalue weighted by molar-refractivity contribution is 6.00. The Hall–Kier alpha value is -2.80. The van der Waals surface area contributed by atoms with Crippen molar-refractivity contribution >= 4 is 11.7 Å². The lowest BCUT2D eigenvalue weighted by Gasteiger charge is -2.38. The van der Waals surface area contributed by atoms with Gasteiger partial charge in [0, 0.05) is 29.6 Å². The van der Waals surface area contributed by atoms with Crippen molar-refractivity contribution in [2.24, 2.45) is 11.8 Å². The van der Waals surface area contributed by atoms with Crippen molar-refractivity contribution in [2.45, 2.75) is 38.7 Å². The van der Waals surface area contributed by atoms with Gasteiger partial charge in [-0.2, -0.15) is 0 Å². The van der Waals surface area contributed by atoms with Crippen molar-refractivity contribution in [1.29, 1.82) is 0 Å². The van der Waals surface area contributed by atoms with Crippen LogP contribution in [0.25, 0.3) is 0 Å². The molecule has 2 fully saturated rings. The SMILES string of the molecule is Cc1ccc(OCC2CN(C(=O)[C@@H]3CCCC[C@H]3C(=O)c3ccc(F)cc3)CCO2)cn1. The summed E-state index contributed by atoms with van der Waals surface area (Å²) in [6, 6.07) is 9.35. The Balaban J connectivity index is 1.39. The summed E-state index contributed by atoms with van der Waals surface area (Å²) < 4.78 is 24.9. The number of halogens is 1. The van der Waals surface area contributed by atoms with E-state index in [0.29, 0.717) is 50.5 Å². The minimum absolute atomic E-state index is 0.00969. The number of rotatable bonds is 6. The summed E-state index contributed by atoms with van der Waals surface area (Å²) in [5, 5.41) is 0. The second kappa shape index (κ2) is 10.2. The lowest BCUT2D eigenvalue weighted by atomic mass is 9.74. The molecular formula is C25H29FN2O4. The predicted molar refractivity (Wildman–Crippen MR) is 117 cm³/mol. The summed E-state index contributed by atoms with van der Waals surface area (Å²) in [4.78, 5) is 32.6. The number of pyridine rings is 1. The van der Waals surface area contributed by atoms with Crippen LogP contribution in [0.4, 0.5) is 4.39 Å². The molecule has 1 saturated heterocycles. The number of benzene rings is 1. The average Bonchev–Trinajstić information content (AvgIpc) is 2.83. The molecule has 1 unspecified atom stereocenters. The normalized spacial score (nSPS) is 23.6. The average molecular weight is 441 g/mol. The van der Waals surface area contributed by atoms with Crippen molar-refractivity contribution in [1.82, 2.24) is 9.88 Å². The van der Waals surface area contributed by atoms with Crippen molar-refractivity contribution in [3.63, 3.8) is 0 Å². The van der Waals surface area contributed by atoms with Crippen LogP contribution >= 0.6 is 0 Å². The highest BCUT2D eigenvalue weighted by atomic mass is 19.1. The summed E-state index contributed by atoms with van der Waals surface area (Å²) in [6.45, 7) is 3.63. The molecule has 2 aromatic rings. The fraction of sp³-hybridized carbons (Fsp3) is 0.480. The minimum atomic E-state index is -0.374. The molecule has 1 amide bonds. The number of carbonyl (C=O) groups excluding carboxylic acids is 2. The molecule has 1 aliphatic carbocycles. The second-order valence-electron chi connectivity index (χ2n) is 8.59. The highest BCUT2D eigenvalue weighted by Crippen LogP contribution is 2.34. The topological polar surface area (TPSA) is 68.7 Å². The van der Waals surface area contributed by atoms with E-state index in [1.165, 1.54) is 24.3 Å². The molecule has 32 heavy (non-hydrogen) atoms. The van der Waals surface area contributed by atoms with E-state index in [1.54, 1.807) is 6.20 Å². The van der Waals surface area contributed by atoms with Crippen LogP contribution in [0.2, 0.25) is 0 Å². The number of ether oxygens (including phenoxy) is 2. The van der Waals surface area contributed by atoms with Crippen molar-refractivity contribution < 1.29 is 23.5 Å². The first kappa shape index (κ1) is 22.4. The van der Waals surface area contributed by atoms with Crippen molar-refractivity contribution in [3.8, 4) is 5.75 Å². The van der Waals surface area contributed by atoms with Gasteiger partial charge in [0.05, 0.1) is 19.3 Å². The molecule has 4 rings (SSSR count).